The number of ketones is 1. The molecule has 0 aliphatic carbocycles. The van der Waals surface area contributed by atoms with Gasteiger partial charge >= 0.3 is 47.8 Å². The first-order chi connectivity index (χ1) is 28.4. The Labute approximate surface area is 327 Å². The van der Waals surface area contributed by atoms with Gasteiger partial charge in [-0.3, -0.25) is 4.79 Å². The summed E-state index contributed by atoms with van der Waals surface area (Å²) in [4.78, 5) is 101. The molecule has 0 aliphatic rings. The van der Waals surface area contributed by atoms with E-state index in [1.807, 2.05) is 0 Å². The second-order valence-corrected chi connectivity index (χ2v) is 11.0. The fraction of sp³-hybridized carbons (Fsp3) is 0. The van der Waals surface area contributed by atoms with Gasteiger partial charge in [-0.15, -0.1) is 0 Å². The molecule has 0 unspecified atom stereocenters. The zero-order chi connectivity index (χ0) is 48.1. The molecule has 0 fully saturated rings. The Kier molecular flexibility index (Phi) is 13.1. The molecule has 326 valence electrons. The molecule has 0 spiro atoms. The van der Waals surface area contributed by atoms with Crippen LogP contribution in [-0.2, 0) is 0 Å². The summed E-state index contributed by atoms with van der Waals surface area (Å²) in [5.74, 6) is -54.8. The van der Waals surface area contributed by atoms with Crippen molar-refractivity contribution in [3.8, 4) is 11.1 Å². The summed E-state index contributed by atoms with van der Waals surface area (Å²) in [7, 11) is 0. The zero-order valence-electron chi connectivity index (χ0n) is 28.3. The maximum Gasteiger partial charge on any atom is 0.339 e. The molecule has 0 heterocycles. The Balaban J connectivity index is 0.000000331. The molecule has 0 aliphatic heterocycles. The number of carboxylic acids is 8. The molecule has 29 heteroatoms. The van der Waals surface area contributed by atoms with Crippen LogP contribution in [0.4, 0.5) is 52.7 Å². The second-order valence-electron chi connectivity index (χ2n) is 11.0. The average Bonchev–Trinajstić information content (AvgIpc) is 3.14. The molecule has 4 aromatic rings. The maximum absolute atomic E-state index is 14.6. The van der Waals surface area contributed by atoms with Gasteiger partial charge in [0.15, 0.2) is 58.2 Å². The summed E-state index contributed by atoms with van der Waals surface area (Å²) in [6.07, 6.45) is 0. The minimum absolute atomic E-state index is 2.08. The highest BCUT2D eigenvalue weighted by molar-refractivity contribution is 6.14. The third-order valence-electron chi connectivity index (χ3n) is 7.70. The minimum atomic E-state index is -2.76. The van der Waals surface area contributed by atoms with Gasteiger partial charge in [0.2, 0.25) is 5.78 Å². The van der Waals surface area contributed by atoms with Gasteiger partial charge < -0.3 is 40.9 Å². The molecular weight excluding hydrogens is 896 g/mol. The number of carboxylic acid groups (broad SMARTS) is 8. The lowest BCUT2D eigenvalue weighted by Gasteiger charge is -2.16. The van der Waals surface area contributed by atoms with Crippen LogP contribution in [0.25, 0.3) is 11.1 Å². The van der Waals surface area contributed by atoms with Crippen molar-refractivity contribution in [2.75, 3.05) is 0 Å². The Hall–Kier alpha value is -8.53. The Morgan fingerprint density at radius 1 is 0.210 bits per heavy atom. The van der Waals surface area contributed by atoms with Crippen LogP contribution in [0.15, 0.2) is 0 Å². The molecule has 0 saturated heterocycles. The lowest BCUT2D eigenvalue weighted by atomic mass is 9.92. The number of carbonyl (C=O) groups excluding carboxylic acids is 1. The van der Waals surface area contributed by atoms with Crippen molar-refractivity contribution in [2.45, 2.75) is 0 Å². The lowest BCUT2D eigenvalue weighted by molar-refractivity contribution is 0.0639. The second kappa shape index (κ2) is 17.0. The molecule has 0 saturated carbocycles. The van der Waals surface area contributed by atoms with Gasteiger partial charge in [0.25, 0.3) is 0 Å². The van der Waals surface area contributed by atoms with Crippen molar-refractivity contribution in [3.63, 3.8) is 0 Å². The van der Waals surface area contributed by atoms with Crippen molar-refractivity contribution in [2.24, 2.45) is 0 Å². The van der Waals surface area contributed by atoms with Crippen LogP contribution in [0.1, 0.15) is 98.8 Å². The van der Waals surface area contributed by atoms with Crippen LogP contribution in [0, 0.1) is 69.8 Å². The van der Waals surface area contributed by atoms with E-state index >= 15 is 0 Å². The molecule has 0 aromatic heterocycles. The van der Waals surface area contributed by atoms with Crippen molar-refractivity contribution in [1.29, 1.82) is 0 Å². The van der Waals surface area contributed by atoms with Crippen molar-refractivity contribution >= 4 is 53.5 Å². The van der Waals surface area contributed by atoms with E-state index < -0.39 is 190 Å². The molecule has 0 bridgehead atoms. The largest absolute Gasteiger partial charge is 0.478 e. The van der Waals surface area contributed by atoms with Gasteiger partial charge in [-0.25, -0.2) is 91.0 Å². The van der Waals surface area contributed by atoms with Crippen LogP contribution >= 0.6 is 0 Å². The monoisotopic (exact) mass is 904 g/mol. The van der Waals surface area contributed by atoms with Crippen LogP contribution in [0.3, 0.4) is 0 Å². The van der Waals surface area contributed by atoms with E-state index in [9.17, 15) is 95.8 Å². The third kappa shape index (κ3) is 7.59. The zero-order valence-corrected chi connectivity index (χ0v) is 28.3. The Morgan fingerprint density at radius 2 is 0.355 bits per heavy atom. The summed E-state index contributed by atoms with van der Waals surface area (Å²) >= 11 is 0. The third-order valence-corrected chi connectivity index (χ3v) is 7.70. The average molecular weight is 904 g/mol. The van der Waals surface area contributed by atoms with E-state index in [1.165, 1.54) is 0 Å². The number of halogens is 12. The van der Waals surface area contributed by atoms with E-state index in [2.05, 4.69) is 0 Å². The fourth-order valence-corrected chi connectivity index (χ4v) is 5.21. The molecule has 62 heavy (non-hydrogen) atoms. The number of aromatic carboxylic acids is 8. The smallest absolute Gasteiger partial charge is 0.339 e. The molecule has 0 atom stereocenters. The standard InChI is InChI=1S/C17H4F6O9.C16H4F6O8/c18-7-1(14(25)26)3(16(29)30)9(20)11(22)5(7)13(24)6-8(19)2(15(27)28)4(17(31)32)10(21)12(6)23;17-7-1(9(19)11(21)5(15(27)28)3(7)13(23)24)2-8(18)4(14(25)26)6(16(29)30)12(22)10(2)20/h(H,25,26)(H,27,28)(H,29,30)(H,31,32);(H,23,24)(H,25,26)(H,27,28)(H,29,30). The summed E-state index contributed by atoms with van der Waals surface area (Å²) in [5, 5.41) is 70.8. The Morgan fingerprint density at radius 3 is 0.548 bits per heavy atom. The maximum atomic E-state index is 14.6. The highest BCUT2D eigenvalue weighted by atomic mass is 19.2. The summed E-state index contributed by atoms with van der Waals surface area (Å²) < 4.78 is 172. The summed E-state index contributed by atoms with van der Waals surface area (Å²) in [5.41, 5.74) is -26.3. The Bertz CT molecular complexity index is 2630. The van der Waals surface area contributed by atoms with Gasteiger partial charge in [0.1, 0.15) is 56.1 Å². The first kappa shape index (κ1) is 47.8. The number of rotatable bonds is 11. The van der Waals surface area contributed by atoms with Gasteiger partial charge in [0.05, 0.1) is 22.3 Å². The van der Waals surface area contributed by atoms with Crippen molar-refractivity contribution < 1.29 is 137 Å². The van der Waals surface area contributed by atoms with Crippen LogP contribution in [0.2, 0.25) is 0 Å². The normalized spacial score (nSPS) is 10.7. The van der Waals surface area contributed by atoms with E-state index in [-0.39, 0.29) is 0 Å². The molecule has 0 radical (unpaired) electrons. The quantitative estimate of drug-likeness (QED) is 0.0521. The lowest BCUT2D eigenvalue weighted by Crippen LogP contribution is -2.24. The molecular formula is C33H8F12O17. The summed E-state index contributed by atoms with van der Waals surface area (Å²) in [6.45, 7) is 0. The number of hydrogen-bond acceptors (Lipinski definition) is 9. The minimum Gasteiger partial charge on any atom is -0.478 e. The van der Waals surface area contributed by atoms with Gasteiger partial charge in [-0.1, -0.05) is 0 Å². The summed E-state index contributed by atoms with van der Waals surface area (Å²) in [6, 6.07) is 0. The van der Waals surface area contributed by atoms with Gasteiger partial charge in [-0.2, -0.15) is 0 Å². The first-order valence-corrected chi connectivity index (χ1v) is 14.6. The van der Waals surface area contributed by atoms with Crippen LogP contribution in [-0.4, -0.2) is 94.4 Å². The van der Waals surface area contributed by atoms with Crippen molar-refractivity contribution in [3.05, 3.63) is 125 Å². The van der Waals surface area contributed by atoms with Gasteiger partial charge in [-0.05, 0) is 0 Å². The number of hydrogen-bond donors (Lipinski definition) is 8. The van der Waals surface area contributed by atoms with Crippen molar-refractivity contribution in [1.82, 2.24) is 0 Å². The molecule has 0 amide bonds. The van der Waals surface area contributed by atoms with E-state index in [4.69, 9.17) is 40.9 Å². The fourth-order valence-electron chi connectivity index (χ4n) is 5.21. The molecule has 8 N–H and O–H groups in total. The van der Waals surface area contributed by atoms with E-state index in [0.29, 0.717) is 0 Å². The topological polar surface area (TPSA) is 315 Å². The van der Waals surface area contributed by atoms with Crippen LogP contribution in [0.5, 0.6) is 0 Å². The van der Waals surface area contributed by atoms with E-state index in [1.54, 1.807) is 0 Å². The SMILES string of the molecule is O=C(O)c1c(F)c(F)c(-c2c(F)c(F)c(C(=O)O)c(C(=O)O)c2F)c(F)c1C(=O)O.O=C(c1c(F)c(F)c(C(=O)O)c(C(=O)O)c1F)c1c(F)c(F)c(C(=O)O)c(C(=O)O)c1F. The number of benzene rings is 4. The van der Waals surface area contributed by atoms with E-state index in [0.717, 1.165) is 0 Å². The molecule has 4 aromatic carbocycles. The highest BCUT2D eigenvalue weighted by Crippen LogP contribution is 2.39. The number of carbonyl (C=O) groups is 9. The molecule has 17 nitrogen and oxygen atoms in total. The van der Waals surface area contributed by atoms with Gasteiger partial charge in [0, 0.05) is 0 Å². The van der Waals surface area contributed by atoms with Crippen LogP contribution < -0.4 is 0 Å². The molecule has 4 rings (SSSR count). The first-order valence-electron chi connectivity index (χ1n) is 14.6. The predicted molar refractivity (Wildman–Crippen MR) is 163 cm³/mol. The highest BCUT2D eigenvalue weighted by Gasteiger charge is 2.42. The predicted octanol–water partition coefficient (Wildman–Crippen LogP) is 5.53.